The molecule has 0 aliphatic carbocycles. The Morgan fingerprint density at radius 3 is 2.37 bits per heavy atom. The summed E-state index contributed by atoms with van der Waals surface area (Å²) in [6, 6.07) is 9.45. The SMILES string of the molecule is [2H]C([2H])([2H])c1cccc2c1oc1c(C(C)(C)C)c(C)ccc12. The van der Waals surface area contributed by atoms with E-state index in [9.17, 15) is 0 Å². The third-order valence-electron chi connectivity index (χ3n) is 3.63. The number of furan rings is 1. The van der Waals surface area contributed by atoms with Gasteiger partial charge in [-0.3, -0.25) is 0 Å². The molecule has 0 fully saturated rings. The normalized spacial score (nSPS) is 15.5. The highest BCUT2D eigenvalue weighted by molar-refractivity contribution is 6.07. The van der Waals surface area contributed by atoms with E-state index in [2.05, 4.69) is 33.8 Å². The Labute approximate surface area is 118 Å². The highest BCUT2D eigenvalue weighted by atomic mass is 16.3. The Bertz CT molecular complexity index is 864. The van der Waals surface area contributed by atoms with Crippen molar-refractivity contribution in [1.29, 1.82) is 0 Å². The minimum atomic E-state index is -2.18. The van der Waals surface area contributed by atoms with Crippen LogP contribution in [0.2, 0.25) is 0 Å². The average Bonchev–Trinajstić information content (AvgIpc) is 2.73. The van der Waals surface area contributed by atoms with Crippen LogP contribution in [0.5, 0.6) is 0 Å². The van der Waals surface area contributed by atoms with Crippen LogP contribution in [-0.2, 0) is 5.41 Å². The Morgan fingerprint density at radius 2 is 1.68 bits per heavy atom. The number of rotatable bonds is 0. The Kier molecular flexibility index (Phi) is 1.87. The topological polar surface area (TPSA) is 13.1 Å². The lowest BCUT2D eigenvalue weighted by Gasteiger charge is -2.21. The van der Waals surface area contributed by atoms with E-state index in [0.717, 1.165) is 27.5 Å². The van der Waals surface area contributed by atoms with Crippen LogP contribution in [0.4, 0.5) is 0 Å². The van der Waals surface area contributed by atoms with Gasteiger partial charge in [-0.1, -0.05) is 51.1 Å². The summed E-state index contributed by atoms with van der Waals surface area (Å²) in [6.45, 7) is 6.33. The molecule has 0 saturated heterocycles. The first kappa shape index (κ1) is 9.19. The number of aryl methyl sites for hydroxylation is 2. The largest absolute Gasteiger partial charge is 0.455 e. The summed E-state index contributed by atoms with van der Waals surface area (Å²) >= 11 is 0. The minimum absolute atomic E-state index is 0.0718. The van der Waals surface area contributed by atoms with Crippen LogP contribution in [0.15, 0.2) is 34.7 Å². The molecular formula is C18H20O. The fraction of sp³-hybridized carbons (Fsp3) is 0.333. The molecule has 3 rings (SSSR count). The maximum Gasteiger partial charge on any atom is 0.139 e. The van der Waals surface area contributed by atoms with Crippen molar-refractivity contribution in [2.75, 3.05) is 0 Å². The van der Waals surface area contributed by atoms with Crippen molar-refractivity contribution in [2.45, 2.75) is 40.0 Å². The van der Waals surface area contributed by atoms with Gasteiger partial charge in [-0.25, -0.2) is 0 Å². The van der Waals surface area contributed by atoms with Crippen molar-refractivity contribution < 1.29 is 8.53 Å². The van der Waals surface area contributed by atoms with E-state index in [1.54, 1.807) is 12.1 Å². The summed E-state index contributed by atoms with van der Waals surface area (Å²) in [7, 11) is 0. The molecule has 0 bridgehead atoms. The summed E-state index contributed by atoms with van der Waals surface area (Å²) in [4.78, 5) is 0. The Balaban J connectivity index is 2.50. The van der Waals surface area contributed by atoms with Crippen molar-refractivity contribution in [3.8, 4) is 0 Å². The van der Waals surface area contributed by atoms with Crippen LogP contribution in [-0.4, -0.2) is 0 Å². The lowest BCUT2D eigenvalue weighted by atomic mass is 9.83. The summed E-state index contributed by atoms with van der Waals surface area (Å²) in [5, 5.41) is 1.85. The highest BCUT2D eigenvalue weighted by Crippen LogP contribution is 2.38. The Hall–Kier alpha value is -1.76. The predicted molar refractivity (Wildman–Crippen MR) is 81.9 cm³/mol. The molecule has 3 aromatic rings. The second-order valence-corrected chi connectivity index (χ2v) is 6.17. The lowest BCUT2D eigenvalue weighted by molar-refractivity contribution is 0.568. The van der Waals surface area contributed by atoms with Crippen LogP contribution >= 0.6 is 0 Å². The van der Waals surface area contributed by atoms with Gasteiger partial charge in [-0.05, 0) is 30.3 Å². The standard InChI is InChI=1S/C18H20O/c1-11-9-10-14-13-8-6-7-12(2)16(13)19-17(14)15(11)18(3,4)5/h6-10H,1-5H3/i2D3. The molecule has 0 aliphatic rings. The molecule has 1 heteroatoms. The molecule has 0 unspecified atom stereocenters. The number of benzene rings is 2. The molecule has 19 heavy (non-hydrogen) atoms. The van der Waals surface area contributed by atoms with E-state index in [1.807, 2.05) is 12.1 Å². The molecular weight excluding hydrogens is 232 g/mol. The average molecular weight is 255 g/mol. The Morgan fingerprint density at radius 1 is 0.947 bits per heavy atom. The molecule has 0 radical (unpaired) electrons. The van der Waals surface area contributed by atoms with Crippen LogP contribution in [0.25, 0.3) is 21.9 Å². The molecule has 0 spiro atoms. The summed E-state index contributed by atoms with van der Waals surface area (Å²) in [5.41, 5.74) is 3.79. The fourth-order valence-corrected chi connectivity index (χ4v) is 2.89. The fourth-order valence-electron chi connectivity index (χ4n) is 2.89. The first-order chi connectivity index (χ1) is 10.1. The molecule has 0 saturated carbocycles. The van der Waals surface area contributed by atoms with Crippen molar-refractivity contribution >= 4 is 21.9 Å². The van der Waals surface area contributed by atoms with Crippen LogP contribution in [0, 0.1) is 13.8 Å². The van der Waals surface area contributed by atoms with Gasteiger partial charge in [-0.2, -0.15) is 0 Å². The van der Waals surface area contributed by atoms with Crippen LogP contribution < -0.4 is 0 Å². The third kappa shape index (κ3) is 1.76. The number of hydrogen-bond acceptors (Lipinski definition) is 1. The van der Waals surface area contributed by atoms with E-state index in [1.165, 1.54) is 0 Å². The van der Waals surface area contributed by atoms with E-state index in [-0.39, 0.29) is 11.0 Å². The molecule has 0 aliphatic heterocycles. The number of hydrogen-bond donors (Lipinski definition) is 0. The van der Waals surface area contributed by atoms with Gasteiger partial charge in [0.15, 0.2) is 0 Å². The molecule has 0 N–H and O–H groups in total. The van der Waals surface area contributed by atoms with Crippen LogP contribution in [0.3, 0.4) is 0 Å². The second-order valence-electron chi connectivity index (χ2n) is 6.17. The lowest BCUT2D eigenvalue weighted by Crippen LogP contribution is -2.13. The van der Waals surface area contributed by atoms with E-state index in [4.69, 9.17) is 8.53 Å². The van der Waals surface area contributed by atoms with E-state index in [0.29, 0.717) is 5.58 Å². The molecule has 0 atom stereocenters. The van der Waals surface area contributed by atoms with Crippen molar-refractivity contribution in [3.63, 3.8) is 0 Å². The quantitative estimate of drug-likeness (QED) is 0.517. The van der Waals surface area contributed by atoms with Gasteiger partial charge in [0.2, 0.25) is 0 Å². The van der Waals surface area contributed by atoms with Gasteiger partial charge in [0.1, 0.15) is 11.2 Å². The van der Waals surface area contributed by atoms with Gasteiger partial charge < -0.3 is 4.42 Å². The van der Waals surface area contributed by atoms with Gasteiger partial charge in [0.05, 0.1) is 0 Å². The summed E-state index contributed by atoms with van der Waals surface area (Å²) < 4.78 is 29.3. The predicted octanol–water partition coefficient (Wildman–Crippen LogP) is 5.50. The summed E-state index contributed by atoms with van der Waals surface area (Å²) in [6.07, 6.45) is 0. The second kappa shape index (κ2) is 3.86. The first-order valence-corrected chi connectivity index (χ1v) is 6.56. The molecule has 98 valence electrons. The number of para-hydroxylation sites is 1. The minimum Gasteiger partial charge on any atom is -0.455 e. The van der Waals surface area contributed by atoms with Gasteiger partial charge in [0, 0.05) is 20.4 Å². The number of fused-ring (bicyclic) bond motifs is 3. The maximum atomic E-state index is 7.72. The zero-order valence-electron chi connectivity index (χ0n) is 14.8. The zero-order valence-corrected chi connectivity index (χ0v) is 11.8. The first-order valence-electron chi connectivity index (χ1n) is 8.06. The van der Waals surface area contributed by atoms with E-state index >= 15 is 0 Å². The van der Waals surface area contributed by atoms with Gasteiger partial charge in [-0.15, -0.1) is 0 Å². The molecule has 1 aromatic heterocycles. The molecule has 0 amide bonds. The third-order valence-corrected chi connectivity index (χ3v) is 3.63. The zero-order chi connectivity index (χ0) is 16.3. The smallest absolute Gasteiger partial charge is 0.139 e. The summed E-state index contributed by atoms with van der Waals surface area (Å²) in [5.74, 6) is 0. The molecule has 1 nitrogen and oxygen atoms in total. The van der Waals surface area contributed by atoms with Crippen molar-refractivity contribution in [2.24, 2.45) is 0 Å². The van der Waals surface area contributed by atoms with Crippen molar-refractivity contribution in [1.82, 2.24) is 0 Å². The molecule has 2 aromatic carbocycles. The molecule has 1 heterocycles. The van der Waals surface area contributed by atoms with Gasteiger partial charge >= 0.3 is 0 Å². The van der Waals surface area contributed by atoms with Crippen LogP contribution in [0.1, 0.15) is 41.6 Å². The van der Waals surface area contributed by atoms with E-state index < -0.39 is 6.85 Å². The van der Waals surface area contributed by atoms with Gasteiger partial charge in [0.25, 0.3) is 0 Å². The monoisotopic (exact) mass is 255 g/mol. The maximum absolute atomic E-state index is 7.72. The highest BCUT2D eigenvalue weighted by Gasteiger charge is 2.23. The van der Waals surface area contributed by atoms with Crippen molar-refractivity contribution in [3.05, 3.63) is 47.0 Å².